The van der Waals surface area contributed by atoms with Crippen molar-refractivity contribution in [1.29, 1.82) is 0 Å². The summed E-state index contributed by atoms with van der Waals surface area (Å²) in [4.78, 5) is 24.4. The molecular formula is C22H17F6N3O2. The molecule has 0 saturated carbocycles. The Hall–Kier alpha value is -3.63. The minimum absolute atomic E-state index is 0.0466. The first-order valence-corrected chi connectivity index (χ1v) is 9.63. The average Bonchev–Trinajstić information content (AvgIpc) is 2.74. The van der Waals surface area contributed by atoms with Crippen LogP contribution < -0.4 is 10.9 Å². The first kappa shape index (κ1) is 24.0. The Bertz CT molecular complexity index is 1180. The van der Waals surface area contributed by atoms with Crippen molar-refractivity contribution >= 4 is 11.6 Å². The molecule has 3 rings (SSSR count). The van der Waals surface area contributed by atoms with Crippen LogP contribution in [0.5, 0.6) is 0 Å². The van der Waals surface area contributed by atoms with E-state index >= 15 is 0 Å². The van der Waals surface area contributed by atoms with Crippen molar-refractivity contribution in [3.63, 3.8) is 0 Å². The van der Waals surface area contributed by atoms with Gasteiger partial charge < -0.3 is 5.32 Å². The Morgan fingerprint density at radius 3 is 2.00 bits per heavy atom. The quantitative estimate of drug-likeness (QED) is 0.526. The van der Waals surface area contributed by atoms with Gasteiger partial charge in [-0.2, -0.15) is 31.4 Å². The summed E-state index contributed by atoms with van der Waals surface area (Å²) in [6.45, 7) is 1.27. The van der Waals surface area contributed by atoms with Crippen LogP contribution >= 0.6 is 0 Å². The summed E-state index contributed by atoms with van der Waals surface area (Å²) in [6.07, 6.45) is -9.29. The van der Waals surface area contributed by atoms with Crippen LogP contribution in [0.1, 0.15) is 23.6 Å². The van der Waals surface area contributed by atoms with Crippen molar-refractivity contribution in [2.45, 2.75) is 32.2 Å². The molecule has 0 saturated heterocycles. The van der Waals surface area contributed by atoms with Crippen LogP contribution in [0, 0.1) is 0 Å². The van der Waals surface area contributed by atoms with E-state index < -0.39 is 47.2 Å². The lowest BCUT2D eigenvalue weighted by atomic mass is 10.1. The number of halogens is 6. The van der Waals surface area contributed by atoms with Crippen LogP contribution in [0.4, 0.5) is 32.0 Å². The van der Waals surface area contributed by atoms with Gasteiger partial charge in [0.05, 0.1) is 16.8 Å². The van der Waals surface area contributed by atoms with E-state index in [2.05, 4.69) is 5.10 Å². The molecule has 2 aromatic carbocycles. The predicted octanol–water partition coefficient (Wildman–Crippen LogP) is 5.15. The molecule has 0 aliphatic heterocycles. The molecule has 0 radical (unpaired) electrons. The minimum Gasteiger partial charge on any atom is -0.324 e. The molecule has 3 aromatic rings. The fourth-order valence-electron chi connectivity index (χ4n) is 2.99. The molecule has 0 spiro atoms. The number of alkyl halides is 6. The Balaban J connectivity index is 1.85. The first-order valence-electron chi connectivity index (χ1n) is 9.63. The van der Waals surface area contributed by atoms with E-state index in [4.69, 9.17) is 0 Å². The molecule has 33 heavy (non-hydrogen) atoms. The molecule has 1 heterocycles. The summed E-state index contributed by atoms with van der Waals surface area (Å²) < 4.78 is 78.7. The number of nitrogens with one attached hydrogen (secondary N) is 1. The third kappa shape index (κ3) is 5.99. The molecule has 0 aliphatic carbocycles. The van der Waals surface area contributed by atoms with E-state index in [-0.39, 0.29) is 6.07 Å². The third-order valence-corrected chi connectivity index (χ3v) is 4.69. The molecule has 1 N–H and O–H groups in total. The van der Waals surface area contributed by atoms with Gasteiger partial charge in [0.1, 0.15) is 6.54 Å². The Labute approximate surface area is 183 Å². The zero-order chi connectivity index (χ0) is 24.4. The second kappa shape index (κ2) is 9.08. The van der Waals surface area contributed by atoms with Crippen LogP contribution in [0.3, 0.4) is 0 Å². The highest BCUT2D eigenvalue weighted by Crippen LogP contribution is 2.37. The van der Waals surface area contributed by atoms with Gasteiger partial charge in [0.15, 0.2) is 0 Å². The standard InChI is InChI=1S/C22H17F6N3O2/c1-2-13-3-5-14(6-4-13)18-7-8-20(33)31(30-18)12-19(32)29-17-10-15(21(23,24)25)9-16(11-17)22(26,27)28/h3-11H,2,12H2,1H3,(H,29,32). The zero-order valence-corrected chi connectivity index (χ0v) is 17.1. The van der Waals surface area contributed by atoms with Crippen LogP contribution in [-0.4, -0.2) is 15.7 Å². The second-order valence-corrected chi connectivity index (χ2v) is 7.11. The van der Waals surface area contributed by atoms with Gasteiger partial charge >= 0.3 is 12.4 Å². The van der Waals surface area contributed by atoms with Crippen molar-refractivity contribution in [3.8, 4) is 11.3 Å². The van der Waals surface area contributed by atoms with Gasteiger partial charge in [-0.3, -0.25) is 9.59 Å². The van der Waals surface area contributed by atoms with Gasteiger partial charge in [-0.25, -0.2) is 4.68 Å². The minimum atomic E-state index is -5.05. The molecule has 0 bridgehead atoms. The lowest BCUT2D eigenvalue weighted by Crippen LogP contribution is -2.29. The smallest absolute Gasteiger partial charge is 0.324 e. The fourth-order valence-corrected chi connectivity index (χ4v) is 2.99. The molecular weight excluding hydrogens is 452 g/mol. The number of hydrogen-bond donors (Lipinski definition) is 1. The van der Waals surface area contributed by atoms with Crippen molar-refractivity contribution in [2.75, 3.05) is 5.32 Å². The SMILES string of the molecule is CCc1ccc(-c2ccc(=O)n(CC(=O)Nc3cc(C(F)(F)F)cc(C(F)(F)F)c3)n2)cc1. The van der Waals surface area contributed by atoms with E-state index in [9.17, 15) is 35.9 Å². The highest BCUT2D eigenvalue weighted by atomic mass is 19.4. The van der Waals surface area contributed by atoms with Crippen LogP contribution in [0.25, 0.3) is 11.3 Å². The summed E-state index contributed by atoms with van der Waals surface area (Å²) >= 11 is 0. The summed E-state index contributed by atoms with van der Waals surface area (Å²) in [6, 6.07) is 10.6. The van der Waals surface area contributed by atoms with Gasteiger partial charge in [0.25, 0.3) is 5.56 Å². The monoisotopic (exact) mass is 469 g/mol. The largest absolute Gasteiger partial charge is 0.416 e. The summed E-state index contributed by atoms with van der Waals surface area (Å²) in [5.74, 6) is -1.02. The van der Waals surface area contributed by atoms with Crippen LogP contribution in [0.15, 0.2) is 59.4 Å². The molecule has 174 valence electrons. The normalized spacial score (nSPS) is 12.0. The van der Waals surface area contributed by atoms with Gasteiger partial charge in [-0.15, -0.1) is 0 Å². The van der Waals surface area contributed by atoms with Gasteiger partial charge in [0.2, 0.25) is 5.91 Å². The van der Waals surface area contributed by atoms with E-state index in [1.54, 1.807) is 12.1 Å². The number of aryl methyl sites for hydroxylation is 1. The third-order valence-electron chi connectivity index (χ3n) is 4.69. The lowest BCUT2D eigenvalue weighted by molar-refractivity contribution is -0.143. The van der Waals surface area contributed by atoms with Crippen LogP contribution in [-0.2, 0) is 30.1 Å². The zero-order valence-electron chi connectivity index (χ0n) is 17.1. The van der Waals surface area contributed by atoms with E-state index in [0.29, 0.717) is 23.4 Å². The fraction of sp³-hybridized carbons (Fsp3) is 0.227. The van der Waals surface area contributed by atoms with E-state index in [0.717, 1.165) is 22.7 Å². The van der Waals surface area contributed by atoms with Gasteiger partial charge in [-0.05, 0) is 36.2 Å². The van der Waals surface area contributed by atoms with Crippen molar-refractivity contribution < 1.29 is 31.1 Å². The number of nitrogens with zero attached hydrogens (tertiary/aromatic N) is 2. The lowest BCUT2D eigenvalue weighted by Gasteiger charge is -2.15. The molecule has 1 amide bonds. The van der Waals surface area contributed by atoms with Gasteiger partial charge in [-0.1, -0.05) is 31.2 Å². The topological polar surface area (TPSA) is 64.0 Å². The number of carbonyl (C=O) groups is 1. The number of hydrogen-bond acceptors (Lipinski definition) is 3. The van der Waals surface area contributed by atoms with E-state index in [1.807, 2.05) is 24.4 Å². The Morgan fingerprint density at radius 1 is 0.909 bits per heavy atom. The molecule has 0 aliphatic rings. The number of aromatic nitrogens is 2. The summed E-state index contributed by atoms with van der Waals surface area (Å²) in [5.41, 5.74) is -2.41. The summed E-state index contributed by atoms with van der Waals surface area (Å²) in [7, 11) is 0. The molecule has 11 heteroatoms. The highest BCUT2D eigenvalue weighted by Gasteiger charge is 2.37. The number of carbonyl (C=O) groups excluding carboxylic acids is 1. The second-order valence-electron chi connectivity index (χ2n) is 7.11. The number of benzene rings is 2. The number of anilines is 1. The molecule has 1 aromatic heterocycles. The Morgan fingerprint density at radius 2 is 1.48 bits per heavy atom. The van der Waals surface area contributed by atoms with E-state index in [1.165, 1.54) is 6.07 Å². The first-order chi connectivity index (χ1) is 15.4. The molecule has 0 fully saturated rings. The molecule has 0 unspecified atom stereocenters. The van der Waals surface area contributed by atoms with Crippen molar-refractivity contribution in [1.82, 2.24) is 9.78 Å². The number of amides is 1. The average molecular weight is 469 g/mol. The van der Waals surface area contributed by atoms with Crippen molar-refractivity contribution in [3.05, 3.63) is 81.6 Å². The predicted molar refractivity (Wildman–Crippen MR) is 108 cm³/mol. The summed E-state index contributed by atoms with van der Waals surface area (Å²) in [5, 5.41) is 6.05. The highest BCUT2D eigenvalue weighted by molar-refractivity contribution is 5.90. The molecule has 5 nitrogen and oxygen atoms in total. The number of rotatable bonds is 5. The van der Waals surface area contributed by atoms with Gasteiger partial charge in [0, 0.05) is 17.3 Å². The maximum Gasteiger partial charge on any atom is 0.416 e. The van der Waals surface area contributed by atoms with Crippen molar-refractivity contribution in [2.24, 2.45) is 0 Å². The Kier molecular flexibility index (Phi) is 6.61. The van der Waals surface area contributed by atoms with Crippen LogP contribution in [0.2, 0.25) is 0 Å². The maximum atomic E-state index is 13.0. The molecule has 0 atom stereocenters. The maximum absolute atomic E-state index is 13.0.